The van der Waals surface area contributed by atoms with Gasteiger partial charge in [-0.2, -0.15) is 0 Å². The molecule has 6 N–H and O–H groups in total. The molecule has 0 aliphatic carbocycles. The molecule has 1 saturated heterocycles. The topological polar surface area (TPSA) is 175 Å². The number of nitrogens with one attached hydrogen (secondary N) is 1. The standard InChI is InChI=1S/C62H113NO10/c1-4-7-10-13-16-19-22-25-26-27-28-29-30-32-35-38-41-44-47-50-57(67)73-60-59(69)58(68)56(51-64)72-62(60)71-52-53(54(65)48-45-42-39-36-34-31-23-20-17-14-11-8-5-2)63-61(70)55(66)49-46-43-40-37-33-24-21-18-15-12-9-6-3/h9,12,15,18,21,24,45,48,53-56,58-60,62,64-66,68-69H,4-8,10-11,13-14,16-17,19-20,22-23,25-44,46-47,49-52H2,1-3H3,(H,63,70)/b12-9+,18-15+,24-21-,48-45+. The monoisotopic (exact) mass is 1030 g/mol. The molecule has 0 radical (unpaired) electrons. The minimum Gasteiger partial charge on any atom is -0.454 e. The Bertz CT molecular complexity index is 1370. The fraction of sp³-hybridized carbons (Fsp3) is 0.839. The van der Waals surface area contributed by atoms with Crippen molar-refractivity contribution in [1.29, 1.82) is 0 Å². The van der Waals surface area contributed by atoms with Gasteiger partial charge in [0.2, 0.25) is 5.91 Å². The summed E-state index contributed by atoms with van der Waals surface area (Å²) in [7, 11) is 0. The number of allylic oxidation sites excluding steroid dienone is 7. The van der Waals surface area contributed by atoms with Crippen molar-refractivity contribution >= 4 is 11.9 Å². The van der Waals surface area contributed by atoms with Gasteiger partial charge in [-0.15, -0.1) is 0 Å². The van der Waals surface area contributed by atoms with Gasteiger partial charge in [-0.3, -0.25) is 9.59 Å². The first-order valence-electron chi connectivity index (χ1n) is 30.4. The van der Waals surface area contributed by atoms with Crippen LogP contribution in [0.25, 0.3) is 0 Å². The largest absolute Gasteiger partial charge is 0.454 e. The first-order chi connectivity index (χ1) is 35.7. The summed E-state index contributed by atoms with van der Waals surface area (Å²) >= 11 is 0. The lowest BCUT2D eigenvalue weighted by Gasteiger charge is -2.41. The van der Waals surface area contributed by atoms with Crippen molar-refractivity contribution in [3.8, 4) is 0 Å². The second-order valence-electron chi connectivity index (χ2n) is 21.1. The van der Waals surface area contributed by atoms with Gasteiger partial charge in [-0.25, -0.2) is 0 Å². The lowest BCUT2D eigenvalue weighted by molar-refractivity contribution is -0.305. The van der Waals surface area contributed by atoms with Crippen LogP contribution >= 0.6 is 0 Å². The molecule has 1 heterocycles. The molecule has 0 aromatic rings. The molecule has 11 nitrogen and oxygen atoms in total. The zero-order chi connectivity index (χ0) is 53.3. The molecule has 0 spiro atoms. The maximum absolute atomic E-state index is 13.4. The molecule has 1 fully saturated rings. The van der Waals surface area contributed by atoms with E-state index in [2.05, 4.69) is 38.2 Å². The molecule has 1 aliphatic heterocycles. The fourth-order valence-electron chi connectivity index (χ4n) is 9.48. The Labute approximate surface area is 446 Å². The second-order valence-corrected chi connectivity index (χ2v) is 21.1. The first kappa shape index (κ1) is 68.6. The Morgan fingerprint density at radius 1 is 0.548 bits per heavy atom. The Kier molecular flexibility index (Phi) is 47.4. The summed E-state index contributed by atoms with van der Waals surface area (Å²) in [4.78, 5) is 26.5. The van der Waals surface area contributed by atoms with E-state index < -0.39 is 67.4 Å². The van der Waals surface area contributed by atoms with E-state index in [4.69, 9.17) is 14.2 Å². The van der Waals surface area contributed by atoms with E-state index in [1.807, 2.05) is 30.4 Å². The number of rotatable bonds is 51. The maximum atomic E-state index is 13.4. The second kappa shape index (κ2) is 50.4. The molecular formula is C62H113NO10. The van der Waals surface area contributed by atoms with Crippen LogP contribution in [0.1, 0.15) is 271 Å². The van der Waals surface area contributed by atoms with Gasteiger partial charge in [0.1, 0.15) is 24.4 Å². The van der Waals surface area contributed by atoms with Gasteiger partial charge in [-0.05, 0) is 44.9 Å². The van der Waals surface area contributed by atoms with Crippen LogP contribution in [-0.4, -0.2) is 99.6 Å². The van der Waals surface area contributed by atoms with Gasteiger partial charge in [0.15, 0.2) is 12.4 Å². The molecule has 0 bridgehead atoms. The van der Waals surface area contributed by atoms with E-state index in [0.29, 0.717) is 12.8 Å². The number of aliphatic hydroxyl groups is 5. The lowest BCUT2D eigenvalue weighted by Crippen LogP contribution is -2.61. The molecule has 8 unspecified atom stereocenters. The van der Waals surface area contributed by atoms with E-state index >= 15 is 0 Å². The van der Waals surface area contributed by atoms with Crippen molar-refractivity contribution in [3.05, 3.63) is 48.6 Å². The third kappa shape index (κ3) is 38.8. The van der Waals surface area contributed by atoms with Crippen molar-refractivity contribution in [2.24, 2.45) is 0 Å². The number of carbonyl (C=O) groups excluding carboxylic acids is 2. The van der Waals surface area contributed by atoms with E-state index in [-0.39, 0.29) is 19.4 Å². The fourth-order valence-corrected chi connectivity index (χ4v) is 9.48. The molecule has 0 aromatic carbocycles. The quantitative estimate of drug-likeness (QED) is 0.0149. The third-order valence-corrected chi connectivity index (χ3v) is 14.3. The summed E-state index contributed by atoms with van der Waals surface area (Å²) in [5, 5.41) is 56.9. The minimum absolute atomic E-state index is 0.124. The Balaban J connectivity index is 2.68. The van der Waals surface area contributed by atoms with Crippen LogP contribution in [0.4, 0.5) is 0 Å². The average Bonchev–Trinajstić information content (AvgIpc) is 3.39. The summed E-state index contributed by atoms with van der Waals surface area (Å²) < 4.78 is 17.6. The molecule has 1 amide bonds. The molecular weight excluding hydrogens is 919 g/mol. The highest BCUT2D eigenvalue weighted by atomic mass is 16.7. The minimum atomic E-state index is -1.61. The summed E-state index contributed by atoms with van der Waals surface area (Å²) in [5.74, 6) is -1.21. The zero-order valence-corrected chi connectivity index (χ0v) is 47.0. The van der Waals surface area contributed by atoms with Crippen molar-refractivity contribution in [2.45, 2.75) is 320 Å². The number of unbranched alkanes of at least 4 members (excludes halogenated alkanes) is 33. The van der Waals surface area contributed by atoms with Crippen molar-refractivity contribution in [3.63, 3.8) is 0 Å². The zero-order valence-electron chi connectivity index (χ0n) is 47.0. The van der Waals surface area contributed by atoms with Crippen LogP contribution in [-0.2, 0) is 23.8 Å². The van der Waals surface area contributed by atoms with E-state index in [0.717, 1.165) is 70.6 Å². The van der Waals surface area contributed by atoms with E-state index in [1.165, 1.54) is 154 Å². The number of aliphatic hydroxyl groups excluding tert-OH is 5. The molecule has 426 valence electrons. The molecule has 0 saturated carbocycles. The van der Waals surface area contributed by atoms with Crippen LogP contribution in [0.2, 0.25) is 0 Å². The van der Waals surface area contributed by atoms with Gasteiger partial charge in [-0.1, -0.05) is 268 Å². The molecule has 11 heteroatoms. The normalized spacial score (nSPS) is 19.7. The summed E-state index contributed by atoms with van der Waals surface area (Å²) in [5.41, 5.74) is 0. The maximum Gasteiger partial charge on any atom is 0.306 e. The highest BCUT2D eigenvalue weighted by Crippen LogP contribution is 2.26. The average molecular weight is 1030 g/mol. The Morgan fingerprint density at radius 3 is 1.47 bits per heavy atom. The number of hydrogen-bond donors (Lipinski definition) is 6. The van der Waals surface area contributed by atoms with Crippen molar-refractivity contribution in [1.82, 2.24) is 5.32 Å². The number of carbonyl (C=O) groups is 2. The van der Waals surface area contributed by atoms with Crippen LogP contribution < -0.4 is 5.32 Å². The summed E-state index contributed by atoms with van der Waals surface area (Å²) in [6, 6.07) is -1.03. The predicted octanol–water partition coefficient (Wildman–Crippen LogP) is 14.1. The van der Waals surface area contributed by atoms with Gasteiger partial charge >= 0.3 is 5.97 Å². The van der Waals surface area contributed by atoms with Crippen LogP contribution in [0, 0.1) is 0 Å². The van der Waals surface area contributed by atoms with Crippen molar-refractivity contribution < 1.29 is 49.3 Å². The molecule has 8 atom stereocenters. The first-order valence-corrected chi connectivity index (χ1v) is 30.4. The SMILES string of the molecule is CC/C=C/C=C/C=C\CCCCCCC(O)C(=O)NC(COC1OC(CO)C(O)C(O)C1OC(=O)CCCCCCCCCCCCCCCCCCCCC)C(O)/C=C/CCCCCCCCCCCCC. The van der Waals surface area contributed by atoms with E-state index in [9.17, 15) is 35.1 Å². The molecule has 73 heavy (non-hydrogen) atoms. The Morgan fingerprint density at radius 2 is 0.986 bits per heavy atom. The van der Waals surface area contributed by atoms with Crippen LogP contribution in [0.15, 0.2) is 48.6 Å². The number of ether oxygens (including phenoxy) is 3. The third-order valence-electron chi connectivity index (χ3n) is 14.3. The van der Waals surface area contributed by atoms with Crippen molar-refractivity contribution in [2.75, 3.05) is 13.2 Å². The Hall–Kier alpha value is -2.38. The molecule has 1 rings (SSSR count). The highest BCUT2D eigenvalue weighted by Gasteiger charge is 2.47. The summed E-state index contributed by atoms with van der Waals surface area (Å²) in [6.07, 6.45) is 50.1. The lowest BCUT2D eigenvalue weighted by atomic mass is 9.99. The highest BCUT2D eigenvalue weighted by molar-refractivity contribution is 5.80. The number of esters is 1. The van der Waals surface area contributed by atoms with Gasteiger partial charge in [0.05, 0.1) is 25.4 Å². The predicted molar refractivity (Wildman–Crippen MR) is 301 cm³/mol. The van der Waals surface area contributed by atoms with Gasteiger partial charge in [0.25, 0.3) is 0 Å². The van der Waals surface area contributed by atoms with Crippen LogP contribution in [0.5, 0.6) is 0 Å². The molecule has 1 aliphatic rings. The van der Waals surface area contributed by atoms with Crippen LogP contribution in [0.3, 0.4) is 0 Å². The van der Waals surface area contributed by atoms with Gasteiger partial charge < -0.3 is 45.1 Å². The summed E-state index contributed by atoms with van der Waals surface area (Å²) in [6.45, 7) is 5.65. The number of hydrogen-bond acceptors (Lipinski definition) is 10. The number of amides is 1. The molecule has 0 aromatic heterocycles. The van der Waals surface area contributed by atoms with Gasteiger partial charge in [0, 0.05) is 6.42 Å². The van der Waals surface area contributed by atoms with E-state index in [1.54, 1.807) is 6.08 Å². The smallest absolute Gasteiger partial charge is 0.306 e.